The molecule has 6 heteroatoms. The number of H-pyrrole nitrogens is 1. The van der Waals surface area contributed by atoms with Gasteiger partial charge >= 0.3 is 5.97 Å². The molecule has 1 aromatic heterocycles. The van der Waals surface area contributed by atoms with Crippen LogP contribution in [-0.4, -0.2) is 40.0 Å². The van der Waals surface area contributed by atoms with Gasteiger partial charge in [0.1, 0.15) is 6.04 Å². The number of hydrogen-bond acceptors (Lipinski definition) is 3. The predicted octanol–water partition coefficient (Wildman–Crippen LogP) is 4.03. The first kappa shape index (κ1) is 18.3. The van der Waals surface area contributed by atoms with Crippen molar-refractivity contribution in [1.82, 2.24) is 9.88 Å². The molecule has 0 radical (unpaired) electrons. The van der Waals surface area contributed by atoms with Crippen molar-refractivity contribution in [3.8, 4) is 0 Å². The van der Waals surface area contributed by atoms with Crippen molar-refractivity contribution < 1.29 is 14.7 Å². The van der Waals surface area contributed by atoms with E-state index in [4.69, 9.17) is 0 Å². The fourth-order valence-electron chi connectivity index (χ4n) is 3.91. The highest BCUT2D eigenvalue weighted by atomic mass is 16.4. The highest BCUT2D eigenvalue weighted by Crippen LogP contribution is 2.32. The Bertz CT molecular complexity index is 991. The number of fused-ring (bicyclic) bond motifs is 1. The molecule has 2 aromatic carbocycles. The van der Waals surface area contributed by atoms with Crippen LogP contribution in [0, 0.1) is 0 Å². The number of carboxylic acid groups (broad SMARTS) is 1. The van der Waals surface area contributed by atoms with Gasteiger partial charge in [0.2, 0.25) is 0 Å². The van der Waals surface area contributed by atoms with Gasteiger partial charge < -0.3 is 15.4 Å². The highest BCUT2D eigenvalue weighted by Gasteiger charge is 2.30. The second kappa shape index (κ2) is 7.86. The van der Waals surface area contributed by atoms with Crippen LogP contribution in [-0.2, 0) is 4.79 Å². The van der Waals surface area contributed by atoms with Crippen molar-refractivity contribution in [2.24, 2.45) is 0 Å². The quantitative estimate of drug-likeness (QED) is 0.627. The smallest absolute Gasteiger partial charge is 0.325 e. The average molecular weight is 377 g/mol. The topological polar surface area (TPSA) is 85.4 Å². The Morgan fingerprint density at radius 3 is 2.50 bits per heavy atom. The summed E-state index contributed by atoms with van der Waals surface area (Å²) < 4.78 is 0. The lowest BCUT2D eigenvalue weighted by Crippen LogP contribution is -2.37. The first-order chi connectivity index (χ1) is 13.6. The molecular weight excluding hydrogens is 354 g/mol. The van der Waals surface area contributed by atoms with Crippen molar-refractivity contribution >= 4 is 28.5 Å². The molecule has 2 heterocycles. The van der Waals surface area contributed by atoms with Crippen molar-refractivity contribution in [2.75, 3.05) is 18.4 Å². The van der Waals surface area contributed by atoms with Gasteiger partial charge in [-0.05, 0) is 50.2 Å². The summed E-state index contributed by atoms with van der Waals surface area (Å²) in [5.74, 6) is -1.01. The number of aliphatic carboxylic acids is 1. The number of likely N-dealkylation sites (tertiary alicyclic amines) is 1. The van der Waals surface area contributed by atoms with Gasteiger partial charge in [-0.25, -0.2) is 0 Å². The lowest BCUT2D eigenvalue weighted by Gasteiger charge is -2.31. The molecule has 1 atom stereocenters. The molecule has 1 aliphatic rings. The van der Waals surface area contributed by atoms with Crippen molar-refractivity contribution in [3.63, 3.8) is 0 Å². The number of aromatic nitrogens is 1. The number of carbonyl (C=O) groups excluding carboxylic acids is 1. The number of carboxylic acids is 1. The molecular formula is C22H23N3O3. The van der Waals surface area contributed by atoms with Gasteiger partial charge in [-0.3, -0.25) is 14.5 Å². The fourth-order valence-corrected chi connectivity index (χ4v) is 3.91. The molecule has 0 bridgehead atoms. The second-order valence-corrected chi connectivity index (χ2v) is 7.16. The number of amides is 1. The van der Waals surface area contributed by atoms with E-state index in [9.17, 15) is 14.7 Å². The van der Waals surface area contributed by atoms with Crippen LogP contribution in [0.1, 0.15) is 41.2 Å². The normalized spacial score (nSPS) is 16.0. The van der Waals surface area contributed by atoms with E-state index in [2.05, 4.69) is 10.3 Å². The summed E-state index contributed by atoms with van der Waals surface area (Å²) in [5, 5.41) is 13.6. The molecule has 3 N–H and O–H groups in total. The maximum atomic E-state index is 12.4. The van der Waals surface area contributed by atoms with Gasteiger partial charge in [-0.1, -0.05) is 30.7 Å². The van der Waals surface area contributed by atoms with Crippen LogP contribution >= 0.6 is 0 Å². The highest BCUT2D eigenvalue weighted by molar-refractivity contribution is 6.05. The summed E-state index contributed by atoms with van der Waals surface area (Å²) in [6.45, 7) is 1.60. The lowest BCUT2D eigenvalue weighted by molar-refractivity contribution is -0.144. The summed E-state index contributed by atoms with van der Waals surface area (Å²) in [6.07, 6.45) is 4.99. The SMILES string of the molecule is O=C(Nc1ccc2c([C@@H](C(=O)O)N3CCCCC3)c[nH]c2c1)c1ccccc1. The molecule has 144 valence electrons. The van der Waals surface area contributed by atoms with E-state index in [1.165, 1.54) is 0 Å². The Hall–Kier alpha value is -3.12. The number of piperidine rings is 1. The zero-order valence-corrected chi connectivity index (χ0v) is 15.5. The number of benzene rings is 2. The van der Waals surface area contributed by atoms with Crippen LogP contribution in [0.15, 0.2) is 54.7 Å². The van der Waals surface area contributed by atoms with Crippen LogP contribution in [0.5, 0.6) is 0 Å². The van der Waals surface area contributed by atoms with Crippen LogP contribution in [0.2, 0.25) is 0 Å². The van der Waals surface area contributed by atoms with Gasteiger partial charge in [0.05, 0.1) is 0 Å². The van der Waals surface area contributed by atoms with Gasteiger partial charge in [0.25, 0.3) is 5.91 Å². The molecule has 3 aromatic rings. The van der Waals surface area contributed by atoms with Gasteiger partial charge in [0, 0.05) is 33.9 Å². The number of rotatable bonds is 5. The Balaban J connectivity index is 1.60. The minimum Gasteiger partial charge on any atom is -0.480 e. The average Bonchev–Trinajstić information content (AvgIpc) is 3.12. The van der Waals surface area contributed by atoms with E-state index in [-0.39, 0.29) is 5.91 Å². The van der Waals surface area contributed by atoms with Gasteiger partial charge in [0.15, 0.2) is 0 Å². The first-order valence-corrected chi connectivity index (χ1v) is 9.58. The predicted molar refractivity (Wildman–Crippen MR) is 108 cm³/mol. The molecule has 1 saturated heterocycles. The zero-order chi connectivity index (χ0) is 19.5. The Morgan fingerprint density at radius 1 is 1.04 bits per heavy atom. The molecule has 0 spiro atoms. The van der Waals surface area contributed by atoms with Crippen molar-refractivity contribution in [2.45, 2.75) is 25.3 Å². The number of nitrogens with zero attached hydrogens (tertiary/aromatic N) is 1. The Labute approximate surface area is 163 Å². The summed E-state index contributed by atoms with van der Waals surface area (Å²) in [7, 11) is 0. The van der Waals surface area contributed by atoms with Gasteiger partial charge in [-0.15, -0.1) is 0 Å². The Morgan fingerprint density at radius 2 is 1.79 bits per heavy atom. The third-order valence-electron chi connectivity index (χ3n) is 5.29. The molecule has 0 saturated carbocycles. The van der Waals surface area contributed by atoms with E-state index in [1.807, 2.05) is 41.3 Å². The minimum atomic E-state index is -0.829. The standard InChI is InChI=1S/C22H23N3O3/c26-21(15-7-3-1-4-8-15)24-16-9-10-17-18(14-23-19(17)13-16)20(22(27)28)25-11-5-2-6-12-25/h1,3-4,7-10,13-14,20,23H,2,5-6,11-12H2,(H,24,26)(H,27,28)/t20-/m0/s1. The van der Waals surface area contributed by atoms with Crippen LogP contribution in [0.4, 0.5) is 5.69 Å². The molecule has 1 fully saturated rings. The minimum absolute atomic E-state index is 0.177. The second-order valence-electron chi connectivity index (χ2n) is 7.16. The summed E-state index contributed by atoms with van der Waals surface area (Å²) in [4.78, 5) is 29.6. The third kappa shape index (κ3) is 3.64. The van der Waals surface area contributed by atoms with Gasteiger partial charge in [-0.2, -0.15) is 0 Å². The molecule has 1 aliphatic heterocycles. The monoisotopic (exact) mass is 377 g/mol. The largest absolute Gasteiger partial charge is 0.480 e. The lowest BCUT2D eigenvalue weighted by atomic mass is 10.0. The molecule has 6 nitrogen and oxygen atoms in total. The molecule has 0 aliphatic carbocycles. The van der Waals surface area contributed by atoms with E-state index in [0.717, 1.165) is 48.8 Å². The number of nitrogens with one attached hydrogen (secondary N) is 2. The van der Waals surface area contributed by atoms with Crippen LogP contribution in [0.3, 0.4) is 0 Å². The van der Waals surface area contributed by atoms with Crippen molar-refractivity contribution in [1.29, 1.82) is 0 Å². The maximum Gasteiger partial charge on any atom is 0.325 e. The van der Waals surface area contributed by atoms with Crippen LogP contribution < -0.4 is 5.32 Å². The summed E-state index contributed by atoms with van der Waals surface area (Å²) >= 11 is 0. The number of anilines is 1. The zero-order valence-electron chi connectivity index (χ0n) is 15.5. The first-order valence-electron chi connectivity index (χ1n) is 9.58. The number of aromatic amines is 1. The summed E-state index contributed by atoms with van der Waals surface area (Å²) in [6, 6.07) is 13.9. The number of hydrogen-bond donors (Lipinski definition) is 3. The maximum absolute atomic E-state index is 12.4. The molecule has 4 rings (SSSR count). The fraction of sp³-hybridized carbons (Fsp3) is 0.273. The third-order valence-corrected chi connectivity index (χ3v) is 5.29. The number of carbonyl (C=O) groups is 2. The van der Waals surface area contributed by atoms with E-state index >= 15 is 0 Å². The summed E-state index contributed by atoms with van der Waals surface area (Å²) in [5.41, 5.74) is 2.83. The van der Waals surface area contributed by atoms with Crippen molar-refractivity contribution in [3.05, 3.63) is 65.9 Å². The molecule has 28 heavy (non-hydrogen) atoms. The van der Waals surface area contributed by atoms with Crippen LogP contribution in [0.25, 0.3) is 10.9 Å². The molecule has 1 amide bonds. The van der Waals surface area contributed by atoms with E-state index in [1.54, 1.807) is 18.3 Å². The van der Waals surface area contributed by atoms with E-state index in [0.29, 0.717) is 11.3 Å². The Kier molecular flexibility index (Phi) is 5.12. The molecule has 0 unspecified atom stereocenters. The van der Waals surface area contributed by atoms with E-state index < -0.39 is 12.0 Å².